The molecule has 1 aromatic rings. The fourth-order valence-electron chi connectivity index (χ4n) is 1.15. The van der Waals surface area contributed by atoms with E-state index in [1.807, 2.05) is 6.07 Å². The lowest BCUT2D eigenvalue weighted by molar-refractivity contribution is 0.100. The van der Waals surface area contributed by atoms with Crippen molar-refractivity contribution >= 4 is 11.6 Å². The molecule has 3 heteroatoms. The zero-order valence-electron chi connectivity index (χ0n) is 7.87. The summed E-state index contributed by atoms with van der Waals surface area (Å²) in [6, 6.07) is 5.38. The molecule has 0 aliphatic carbocycles. The summed E-state index contributed by atoms with van der Waals surface area (Å²) < 4.78 is 0. The first-order valence-electron chi connectivity index (χ1n) is 4.21. The van der Waals surface area contributed by atoms with Gasteiger partial charge in [0, 0.05) is 5.69 Å². The van der Waals surface area contributed by atoms with Crippen LogP contribution >= 0.6 is 0 Å². The van der Waals surface area contributed by atoms with Crippen molar-refractivity contribution in [2.45, 2.75) is 19.8 Å². The summed E-state index contributed by atoms with van der Waals surface area (Å²) in [5, 5.41) is 0. The molecule has 0 saturated heterocycles. The molecular weight excluding hydrogens is 164 g/mol. The molecule has 0 aliphatic rings. The normalized spacial score (nSPS) is 10.4. The average Bonchev–Trinajstić information content (AvgIpc) is 2.04. The number of hydrogen-bond donors (Lipinski definition) is 2. The standard InChI is InChI=1S/C10H14N2O/c1-6(2)7-3-4-9(11)8(5-7)10(12)13/h3-6H,11H2,1-2H3,(H2,12,13). The van der Waals surface area contributed by atoms with Gasteiger partial charge in [-0.05, 0) is 23.6 Å². The van der Waals surface area contributed by atoms with Gasteiger partial charge < -0.3 is 11.5 Å². The van der Waals surface area contributed by atoms with Gasteiger partial charge in [-0.2, -0.15) is 0 Å². The van der Waals surface area contributed by atoms with Crippen LogP contribution in [0.3, 0.4) is 0 Å². The van der Waals surface area contributed by atoms with Gasteiger partial charge in [0.1, 0.15) is 0 Å². The highest BCUT2D eigenvalue weighted by molar-refractivity contribution is 5.98. The summed E-state index contributed by atoms with van der Waals surface area (Å²) in [5.74, 6) is -0.0984. The van der Waals surface area contributed by atoms with Crippen LogP contribution in [0.1, 0.15) is 35.7 Å². The average molecular weight is 178 g/mol. The third-order valence-corrected chi connectivity index (χ3v) is 2.01. The Morgan fingerprint density at radius 2 is 2.00 bits per heavy atom. The third-order valence-electron chi connectivity index (χ3n) is 2.01. The molecule has 13 heavy (non-hydrogen) atoms. The second kappa shape index (κ2) is 3.47. The van der Waals surface area contributed by atoms with Crippen molar-refractivity contribution in [1.29, 1.82) is 0 Å². The van der Waals surface area contributed by atoms with Crippen LogP contribution in [0.2, 0.25) is 0 Å². The van der Waals surface area contributed by atoms with E-state index in [9.17, 15) is 4.79 Å². The van der Waals surface area contributed by atoms with Crippen molar-refractivity contribution < 1.29 is 4.79 Å². The maximum Gasteiger partial charge on any atom is 0.250 e. The van der Waals surface area contributed by atoms with E-state index >= 15 is 0 Å². The second-order valence-corrected chi connectivity index (χ2v) is 3.37. The van der Waals surface area contributed by atoms with Crippen LogP contribution in [-0.2, 0) is 0 Å². The highest BCUT2D eigenvalue weighted by Gasteiger charge is 2.07. The molecule has 3 nitrogen and oxygen atoms in total. The minimum atomic E-state index is -0.472. The molecule has 0 unspecified atom stereocenters. The van der Waals surface area contributed by atoms with E-state index < -0.39 is 5.91 Å². The zero-order chi connectivity index (χ0) is 10.0. The summed E-state index contributed by atoms with van der Waals surface area (Å²) in [6.45, 7) is 4.10. The van der Waals surface area contributed by atoms with Gasteiger partial charge in [-0.15, -0.1) is 0 Å². The van der Waals surface area contributed by atoms with Gasteiger partial charge in [0.2, 0.25) is 0 Å². The highest BCUT2D eigenvalue weighted by atomic mass is 16.1. The molecule has 1 rings (SSSR count). The Kier molecular flexibility index (Phi) is 2.56. The summed E-state index contributed by atoms with van der Waals surface area (Å²) in [6.07, 6.45) is 0. The van der Waals surface area contributed by atoms with E-state index in [1.54, 1.807) is 12.1 Å². The molecule has 0 heterocycles. The molecule has 0 saturated carbocycles. The fourth-order valence-corrected chi connectivity index (χ4v) is 1.15. The molecule has 0 aromatic heterocycles. The predicted molar refractivity (Wildman–Crippen MR) is 53.5 cm³/mol. The van der Waals surface area contributed by atoms with Crippen LogP contribution in [0.15, 0.2) is 18.2 Å². The Hall–Kier alpha value is -1.51. The second-order valence-electron chi connectivity index (χ2n) is 3.37. The predicted octanol–water partition coefficient (Wildman–Crippen LogP) is 1.49. The van der Waals surface area contributed by atoms with Gasteiger partial charge >= 0.3 is 0 Å². The van der Waals surface area contributed by atoms with E-state index in [-0.39, 0.29) is 0 Å². The Morgan fingerprint density at radius 1 is 1.38 bits per heavy atom. The minimum Gasteiger partial charge on any atom is -0.398 e. The Balaban J connectivity index is 3.19. The molecule has 0 radical (unpaired) electrons. The number of primary amides is 1. The molecule has 0 aliphatic heterocycles. The number of nitrogens with two attached hydrogens (primary N) is 2. The van der Waals surface area contributed by atoms with Crippen molar-refractivity contribution in [3.8, 4) is 0 Å². The lowest BCUT2D eigenvalue weighted by Crippen LogP contribution is -2.14. The number of carbonyl (C=O) groups excluding carboxylic acids is 1. The van der Waals surface area contributed by atoms with Crippen molar-refractivity contribution in [2.75, 3.05) is 5.73 Å². The highest BCUT2D eigenvalue weighted by Crippen LogP contribution is 2.19. The quantitative estimate of drug-likeness (QED) is 0.673. The SMILES string of the molecule is CC(C)c1ccc(N)c(C(N)=O)c1. The number of carbonyl (C=O) groups is 1. The molecule has 0 fully saturated rings. The van der Waals surface area contributed by atoms with Crippen LogP contribution in [0.4, 0.5) is 5.69 Å². The largest absolute Gasteiger partial charge is 0.398 e. The monoisotopic (exact) mass is 178 g/mol. The third kappa shape index (κ3) is 1.99. The summed E-state index contributed by atoms with van der Waals surface area (Å²) >= 11 is 0. The molecular formula is C10H14N2O. The van der Waals surface area contributed by atoms with Crippen LogP contribution < -0.4 is 11.5 Å². The number of benzene rings is 1. The van der Waals surface area contributed by atoms with Gasteiger partial charge in [0.25, 0.3) is 5.91 Å². The number of anilines is 1. The number of amides is 1. The molecule has 0 atom stereocenters. The Bertz CT molecular complexity index is 332. The first-order valence-corrected chi connectivity index (χ1v) is 4.21. The molecule has 70 valence electrons. The topological polar surface area (TPSA) is 69.1 Å². The minimum absolute atomic E-state index is 0.374. The number of rotatable bonds is 2. The van der Waals surface area contributed by atoms with Crippen molar-refractivity contribution in [1.82, 2.24) is 0 Å². The lowest BCUT2D eigenvalue weighted by Gasteiger charge is -2.08. The first-order chi connectivity index (χ1) is 6.02. The lowest BCUT2D eigenvalue weighted by atomic mass is 9.99. The van der Waals surface area contributed by atoms with Crippen LogP contribution in [0, 0.1) is 0 Å². The summed E-state index contributed by atoms with van der Waals surface area (Å²) in [4.78, 5) is 10.9. The first kappa shape index (κ1) is 9.58. The molecule has 4 N–H and O–H groups in total. The van der Waals surface area contributed by atoms with Crippen molar-refractivity contribution in [2.24, 2.45) is 5.73 Å². The van der Waals surface area contributed by atoms with Crippen molar-refractivity contribution in [3.63, 3.8) is 0 Å². The van der Waals surface area contributed by atoms with Gasteiger partial charge in [0.05, 0.1) is 5.56 Å². The van der Waals surface area contributed by atoms with Gasteiger partial charge in [-0.25, -0.2) is 0 Å². The van der Waals surface area contributed by atoms with Gasteiger partial charge in [-0.1, -0.05) is 19.9 Å². The molecule has 1 amide bonds. The smallest absolute Gasteiger partial charge is 0.250 e. The van der Waals surface area contributed by atoms with E-state index in [1.165, 1.54) is 0 Å². The molecule has 0 spiro atoms. The summed E-state index contributed by atoms with van der Waals surface area (Å²) in [7, 11) is 0. The molecule has 0 bridgehead atoms. The number of hydrogen-bond acceptors (Lipinski definition) is 2. The maximum atomic E-state index is 10.9. The summed E-state index contributed by atoms with van der Waals surface area (Å²) in [5.41, 5.74) is 12.7. The Labute approximate surface area is 77.7 Å². The molecule has 1 aromatic carbocycles. The van der Waals surface area contributed by atoms with Crippen LogP contribution in [-0.4, -0.2) is 5.91 Å². The van der Waals surface area contributed by atoms with Gasteiger partial charge in [0.15, 0.2) is 0 Å². The van der Waals surface area contributed by atoms with E-state index in [0.717, 1.165) is 5.56 Å². The van der Waals surface area contributed by atoms with E-state index in [0.29, 0.717) is 17.2 Å². The van der Waals surface area contributed by atoms with Crippen molar-refractivity contribution in [3.05, 3.63) is 29.3 Å². The zero-order valence-corrected chi connectivity index (χ0v) is 7.87. The van der Waals surface area contributed by atoms with E-state index in [4.69, 9.17) is 11.5 Å². The Morgan fingerprint density at radius 3 is 2.46 bits per heavy atom. The van der Waals surface area contributed by atoms with Crippen LogP contribution in [0.25, 0.3) is 0 Å². The maximum absolute atomic E-state index is 10.9. The van der Waals surface area contributed by atoms with Crippen LogP contribution in [0.5, 0.6) is 0 Å². The number of nitrogen functional groups attached to an aromatic ring is 1. The van der Waals surface area contributed by atoms with Gasteiger partial charge in [-0.3, -0.25) is 4.79 Å². The van der Waals surface area contributed by atoms with E-state index in [2.05, 4.69) is 13.8 Å². The fraction of sp³-hybridized carbons (Fsp3) is 0.300.